The van der Waals surface area contributed by atoms with Gasteiger partial charge in [0, 0.05) is 32.4 Å². The van der Waals surface area contributed by atoms with Crippen LogP contribution < -0.4 is 16.1 Å². The van der Waals surface area contributed by atoms with Gasteiger partial charge in [0.1, 0.15) is 0 Å². The van der Waals surface area contributed by atoms with Crippen LogP contribution in [0.3, 0.4) is 0 Å². The largest absolute Gasteiger partial charge is 0.332 e. The predicted molar refractivity (Wildman–Crippen MR) is 107 cm³/mol. The summed E-state index contributed by atoms with van der Waals surface area (Å²) in [6.07, 6.45) is 1.73. The molecule has 0 bridgehead atoms. The van der Waals surface area contributed by atoms with Crippen LogP contribution in [0.15, 0.2) is 27.8 Å². The quantitative estimate of drug-likeness (QED) is 0.711. The summed E-state index contributed by atoms with van der Waals surface area (Å²) >= 11 is 0. The van der Waals surface area contributed by atoms with Crippen molar-refractivity contribution in [1.29, 1.82) is 0 Å². The highest BCUT2D eigenvalue weighted by molar-refractivity contribution is 5.78. The Bertz CT molecular complexity index is 1150. The van der Waals surface area contributed by atoms with Gasteiger partial charge < -0.3 is 9.47 Å². The molecule has 0 saturated heterocycles. The number of nitrogens with zero attached hydrogens (tertiary/aromatic N) is 5. The van der Waals surface area contributed by atoms with E-state index in [0.29, 0.717) is 24.3 Å². The summed E-state index contributed by atoms with van der Waals surface area (Å²) in [5.74, 6) is 0.735. The van der Waals surface area contributed by atoms with E-state index in [1.54, 1.807) is 7.05 Å². The average Bonchev–Trinajstić information content (AvgIpc) is 3.21. The lowest BCUT2D eigenvalue weighted by molar-refractivity contribution is 0.564. The molecule has 1 aromatic carbocycles. The highest BCUT2D eigenvalue weighted by Crippen LogP contribution is 2.34. The van der Waals surface area contributed by atoms with Gasteiger partial charge in [-0.1, -0.05) is 25.5 Å². The lowest BCUT2D eigenvalue weighted by Crippen LogP contribution is -2.39. The van der Waals surface area contributed by atoms with E-state index in [-0.39, 0.29) is 11.2 Å². The first-order valence-corrected chi connectivity index (χ1v) is 9.49. The van der Waals surface area contributed by atoms with Crippen LogP contribution in [0.5, 0.6) is 0 Å². The molecule has 3 heterocycles. The number of rotatable bonds is 4. The minimum Gasteiger partial charge on any atom is -0.310 e. The van der Waals surface area contributed by atoms with Crippen molar-refractivity contribution in [2.75, 3.05) is 11.4 Å². The Morgan fingerprint density at radius 2 is 1.93 bits per heavy atom. The molecule has 0 spiro atoms. The molecule has 2 aromatic heterocycles. The van der Waals surface area contributed by atoms with Crippen molar-refractivity contribution >= 4 is 22.8 Å². The van der Waals surface area contributed by atoms with Crippen LogP contribution in [0.4, 0.5) is 11.6 Å². The van der Waals surface area contributed by atoms with Crippen molar-refractivity contribution < 1.29 is 0 Å². The van der Waals surface area contributed by atoms with Gasteiger partial charge in [-0.15, -0.1) is 0 Å². The van der Waals surface area contributed by atoms with Crippen molar-refractivity contribution in [3.05, 3.63) is 50.2 Å². The summed E-state index contributed by atoms with van der Waals surface area (Å²) in [6, 6.07) is 6.33. The summed E-state index contributed by atoms with van der Waals surface area (Å²) in [6.45, 7) is 8.08. The lowest BCUT2D eigenvalue weighted by atomic mass is 10.1. The van der Waals surface area contributed by atoms with E-state index < -0.39 is 0 Å². The highest BCUT2D eigenvalue weighted by Gasteiger charge is 2.29. The molecule has 0 N–H and O–H groups in total. The molecule has 142 valence electrons. The van der Waals surface area contributed by atoms with Gasteiger partial charge in [-0.3, -0.25) is 13.9 Å². The van der Waals surface area contributed by atoms with E-state index in [2.05, 4.69) is 36.9 Å². The average molecular weight is 367 g/mol. The molecule has 4 rings (SSSR count). The van der Waals surface area contributed by atoms with Crippen LogP contribution in [0.25, 0.3) is 11.2 Å². The molecule has 7 nitrogen and oxygen atoms in total. The first-order chi connectivity index (χ1) is 12.9. The number of imidazole rings is 1. The Morgan fingerprint density at radius 1 is 1.15 bits per heavy atom. The SMILES string of the molecule is CCCCn1c(=O)c2c(nc3n2CCN3c2cc(C)ccc2C)n(C)c1=O. The number of hydrogen-bond donors (Lipinski definition) is 0. The standard InChI is InChI=1S/C20H25N5O2/c1-5-6-9-25-18(26)16-17(22(4)20(25)27)21-19-23(10-11-24(16)19)15-12-13(2)7-8-14(15)3/h7-8,12H,5-6,9-11H2,1-4H3. The van der Waals surface area contributed by atoms with Crippen LogP contribution in [-0.2, 0) is 20.1 Å². The topological polar surface area (TPSA) is 65.1 Å². The number of anilines is 2. The molecule has 0 atom stereocenters. The summed E-state index contributed by atoms with van der Waals surface area (Å²) < 4.78 is 4.81. The summed E-state index contributed by atoms with van der Waals surface area (Å²) in [5.41, 5.74) is 3.90. The van der Waals surface area contributed by atoms with Crippen LogP contribution in [0.1, 0.15) is 30.9 Å². The number of aromatic nitrogens is 4. The molecule has 0 fully saturated rings. The molecule has 1 aliphatic rings. The maximum absolute atomic E-state index is 13.1. The Labute approximate surface area is 157 Å². The van der Waals surface area contributed by atoms with Crippen LogP contribution in [0, 0.1) is 13.8 Å². The number of hydrogen-bond acceptors (Lipinski definition) is 4. The minimum atomic E-state index is -0.295. The van der Waals surface area contributed by atoms with Gasteiger partial charge in [-0.05, 0) is 37.5 Å². The molecule has 27 heavy (non-hydrogen) atoms. The van der Waals surface area contributed by atoms with Crippen molar-refractivity contribution in [2.45, 2.75) is 46.7 Å². The molecule has 0 saturated carbocycles. The number of fused-ring (bicyclic) bond motifs is 3. The molecule has 0 aliphatic carbocycles. The third-order valence-electron chi connectivity index (χ3n) is 5.39. The van der Waals surface area contributed by atoms with Crippen molar-refractivity contribution in [2.24, 2.45) is 7.05 Å². The fourth-order valence-corrected chi connectivity index (χ4v) is 3.83. The molecular formula is C20H25N5O2. The smallest absolute Gasteiger partial charge is 0.310 e. The fraction of sp³-hybridized carbons (Fsp3) is 0.450. The normalized spacial score (nSPS) is 13.6. The van der Waals surface area contributed by atoms with Crippen molar-refractivity contribution in [1.82, 2.24) is 18.7 Å². The molecule has 0 amide bonds. The van der Waals surface area contributed by atoms with Gasteiger partial charge >= 0.3 is 5.69 Å². The monoisotopic (exact) mass is 367 g/mol. The fourth-order valence-electron chi connectivity index (χ4n) is 3.83. The first kappa shape index (κ1) is 17.6. The van der Waals surface area contributed by atoms with Gasteiger partial charge in [0.2, 0.25) is 5.95 Å². The zero-order chi connectivity index (χ0) is 19.3. The second-order valence-corrected chi connectivity index (χ2v) is 7.33. The first-order valence-electron chi connectivity index (χ1n) is 9.49. The highest BCUT2D eigenvalue weighted by atomic mass is 16.2. The van der Waals surface area contributed by atoms with E-state index >= 15 is 0 Å². The third-order valence-corrected chi connectivity index (χ3v) is 5.39. The zero-order valence-electron chi connectivity index (χ0n) is 16.3. The van der Waals surface area contributed by atoms with Crippen molar-refractivity contribution in [3.8, 4) is 0 Å². The second kappa shape index (κ2) is 6.40. The Balaban J connectivity index is 1.94. The Morgan fingerprint density at radius 3 is 2.67 bits per heavy atom. The molecule has 7 heteroatoms. The van der Waals surface area contributed by atoms with Gasteiger partial charge in [-0.2, -0.15) is 4.98 Å². The minimum absolute atomic E-state index is 0.233. The molecule has 0 radical (unpaired) electrons. The lowest BCUT2D eigenvalue weighted by Gasteiger charge is -2.19. The van der Waals surface area contributed by atoms with Crippen molar-refractivity contribution in [3.63, 3.8) is 0 Å². The summed E-state index contributed by atoms with van der Waals surface area (Å²) in [4.78, 5) is 32.6. The molecule has 3 aromatic rings. The predicted octanol–water partition coefficient (Wildman–Crippen LogP) is 2.47. The maximum atomic E-state index is 13.1. The van der Waals surface area contributed by atoms with Gasteiger partial charge in [-0.25, -0.2) is 4.79 Å². The van der Waals surface area contributed by atoms with Gasteiger partial charge in [0.05, 0.1) is 0 Å². The van der Waals surface area contributed by atoms with Gasteiger partial charge in [0.15, 0.2) is 11.2 Å². The van der Waals surface area contributed by atoms with E-state index in [9.17, 15) is 9.59 Å². The number of benzene rings is 1. The van der Waals surface area contributed by atoms with Crippen LogP contribution >= 0.6 is 0 Å². The second-order valence-electron chi connectivity index (χ2n) is 7.33. The van der Waals surface area contributed by atoms with E-state index in [0.717, 1.165) is 36.6 Å². The van der Waals surface area contributed by atoms with E-state index in [1.807, 2.05) is 11.5 Å². The summed E-state index contributed by atoms with van der Waals surface area (Å²) in [7, 11) is 1.69. The Kier molecular flexibility index (Phi) is 4.17. The van der Waals surface area contributed by atoms with Crippen LogP contribution in [-0.4, -0.2) is 25.2 Å². The van der Waals surface area contributed by atoms with E-state index in [1.165, 1.54) is 14.7 Å². The van der Waals surface area contributed by atoms with Gasteiger partial charge in [0.25, 0.3) is 5.56 Å². The Hall–Kier alpha value is -2.83. The number of unbranched alkanes of at least 4 members (excludes halogenated alkanes) is 1. The zero-order valence-corrected chi connectivity index (χ0v) is 16.3. The molecule has 1 aliphatic heterocycles. The summed E-state index contributed by atoms with van der Waals surface area (Å²) in [5, 5.41) is 0. The van der Waals surface area contributed by atoms with E-state index in [4.69, 9.17) is 4.98 Å². The number of aryl methyl sites for hydroxylation is 3. The third kappa shape index (κ3) is 2.60. The van der Waals surface area contributed by atoms with Crippen LogP contribution in [0.2, 0.25) is 0 Å². The molecular weight excluding hydrogens is 342 g/mol. The maximum Gasteiger partial charge on any atom is 0.332 e. The molecule has 0 unspecified atom stereocenters.